The zero-order valence-electron chi connectivity index (χ0n) is 11.6. The Morgan fingerprint density at radius 2 is 1.95 bits per heavy atom. The average Bonchev–Trinajstić information content (AvgIpc) is 3.16. The van der Waals surface area contributed by atoms with Gasteiger partial charge in [0.2, 0.25) is 0 Å². The molecule has 0 spiro atoms. The first-order valence-corrected chi connectivity index (χ1v) is 7.64. The topological polar surface area (TPSA) is 42.7 Å². The van der Waals surface area contributed by atoms with Crippen LogP contribution in [0.15, 0.2) is 36.5 Å². The van der Waals surface area contributed by atoms with Crippen molar-refractivity contribution in [3.63, 3.8) is 0 Å². The summed E-state index contributed by atoms with van der Waals surface area (Å²) in [6, 6.07) is 11.4. The molecule has 2 fully saturated rings. The first-order chi connectivity index (χ1) is 9.92. The predicted molar refractivity (Wildman–Crippen MR) is 77.6 cm³/mol. The molecule has 2 aliphatic rings. The van der Waals surface area contributed by atoms with Crippen LogP contribution in [-0.4, -0.2) is 21.0 Å². The predicted octanol–water partition coefficient (Wildman–Crippen LogP) is 2.86. The van der Waals surface area contributed by atoms with E-state index in [-0.39, 0.29) is 0 Å². The maximum absolute atomic E-state index is 4.27. The van der Waals surface area contributed by atoms with Crippen molar-refractivity contribution < 1.29 is 0 Å². The molecule has 4 heteroatoms. The van der Waals surface area contributed by atoms with Crippen LogP contribution in [0, 0.1) is 5.92 Å². The molecule has 104 valence electrons. The van der Waals surface area contributed by atoms with Crippen LogP contribution in [0.4, 0.5) is 0 Å². The fourth-order valence-electron chi connectivity index (χ4n) is 3.81. The normalized spacial score (nSPS) is 29.3. The van der Waals surface area contributed by atoms with Gasteiger partial charge in [-0.1, -0.05) is 29.8 Å². The standard InChI is InChI=1S/C16H20N4/c1-2-6-13(7-3-1)20-16(11-17-19-20)15-10-9-12-5-4-8-14(12)18-15/h1-3,6-7,11-12,14-15,18H,4-5,8-10H2. The Balaban J connectivity index is 1.62. The van der Waals surface area contributed by atoms with Crippen LogP contribution in [0.1, 0.15) is 43.8 Å². The van der Waals surface area contributed by atoms with Gasteiger partial charge in [-0.3, -0.25) is 0 Å². The van der Waals surface area contributed by atoms with Gasteiger partial charge in [-0.05, 0) is 43.7 Å². The lowest BCUT2D eigenvalue weighted by molar-refractivity contribution is 0.256. The molecule has 0 bridgehead atoms. The van der Waals surface area contributed by atoms with Gasteiger partial charge in [-0.25, -0.2) is 4.68 Å². The van der Waals surface area contributed by atoms with Gasteiger partial charge >= 0.3 is 0 Å². The molecule has 1 N–H and O–H groups in total. The van der Waals surface area contributed by atoms with Crippen molar-refractivity contribution in [1.82, 2.24) is 20.3 Å². The third-order valence-electron chi connectivity index (χ3n) is 4.83. The number of hydrogen-bond donors (Lipinski definition) is 1. The van der Waals surface area contributed by atoms with E-state index in [2.05, 4.69) is 27.8 Å². The molecule has 3 unspecified atom stereocenters. The molecule has 1 aliphatic heterocycles. The van der Waals surface area contributed by atoms with Crippen molar-refractivity contribution in [2.75, 3.05) is 0 Å². The lowest BCUT2D eigenvalue weighted by Gasteiger charge is -2.33. The second-order valence-corrected chi connectivity index (χ2v) is 6.00. The molecule has 1 aromatic heterocycles. The third kappa shape index (κ3) is 2.04. The monoisotopic (exact) mass is 268 g/mol. The maximum atomic E-state index is 4.27. The third-order valence-corrected chi connectivity index (χ3v) is 4.83. The van der Waals surface area contributed by atoms with E-state index in [1.807, 2.05) is 29.1 Å². The lowest BCUT2D eigenvalue weighted by atomic mass is 9.89. The van der Waals surface area contributed by atoms with Gasteiger partial charge in [0.15, 0.2) is 0 Å². The van der Waals surface area contributed by atoms with E-state index in [4.69, 9.17) is 0 Å². The summed E-state index contributed by atoms with van der Waals surface area (Å²) in [4.78, 5) is 0. The summed E-state index contributed by atoms with van der Waals surface area (Å²) in [6.07, 6.45) is 8.56. The molecule has 0 radical (unpaired) electrons. The highest BCUT2D eigenvalue weighted by molar-refractivity contribution is 5.32. The van der Waals surface area contributed by atoms with Crippen LogP contribution in [0.5, 0.6) is 0 Å². The number of hydrogen-bond acceptors (Lipinski definition) is 3. The number of para-hydroxylation sites is 1. The Morgan fingerprint density at radius 1 is 1.05 bits per heavy atom. The lowest BCUT2D eigenvalue weighted by Crippen LogP contribution is -2.40. The Labute approximate surface area is 119 Å². The molecular formula is C16H20N4. The van der Waals surface area contributed by atoms with Crippen molar-refractivity contribution in [3.05, 3.63) is 42.2 Å². The summed E-state index contributed by atoms with van der Waals surface area (Å²) in [5.74, 6) is 0.896. The van der Waals surface area contributed by atoms with Crippen molar-refractivity contribution in [2.45, 2.75) is 44.2 Å². The van der Waals surface area contributed by atoms with E-state index in [1.165, 1.54) is 37.8 Å². The second-order valence-electron chi connectivity index (χ2n) is 6.00. The zero-order chi connectivity index (χ0) is 13.4. The van der Waals surface area contributed by atoms with Crippen molar-refractivity contribution in [2.24, 2.45) is 5.92 Å². The Bertz CT molecular complexity index is 577. The molecule has 3 atom stereocenters. The number of rotatable bonds is 2. The minimum absolute atomic E-state index is 0.393. The molecule has 0 amide bonds. The summed E-state index contributed by atoms with van der Waals surface area (Å²) in [7, 11) is 0. The molecule has 1 saturated heterocycles. The van der Waals surface area contributed by atoms with E-state index >= 15 is 0 Å². The fraction of sp³-hybridized carbons (Fsp3) is 0.500. The van der Waals surface area contributed by atoms with Gasteiger partial charge in [-0.2, -0.15) is 0 Å². The summed E-state index contributed by atoms with van der Waals surface area (Å²) >= 11 is 0. The molecular weight excluding hydrogens is 248 g/mol. The Morgan fingerprint density at radius 3 is 2.85 bits per heavy atom. The van der Waals surface area contributed by atoms with Crippen LogP contribution in [0.25, 0.3) is 5.69 Å². The molecule has 2 aromatic rings. The molecule has 4 rings (SSSR count). The van der Waals surface area contributed by atoms with Crippen LogP contribution < -0.4 is 5.32 Å². The molecule has 20 heavy (non-hydrogen) atoms. The minimum atomic E-state index is 0.393. The highest BCUT2D eigenvalue weighted by atomic mass is 15.4. The Hall–Kier alpha value is -1.68. The largest absolute Gasteiger partial charge is 0.306 e. The quantitative estimate of drug-likeness (QED) is 0.910. The molecule has 4 nitrogen and oxygen atoms in total. The average molecular weight is 268 g/mol. The van der Waals surface area contributed by atoms with Crippen LogP contribution >= 0.6 is 0 Å². The fourth-order valence-corrected chi connectivity index (χ4v) is 3.81. The molecule has 1 aliphatic carbocycles. The smallest absolute Gasteiger partial charge is 0.0815 e. The highest BCUT2D eigenvalue weighted by Crippen LogP contribution is 2.38. The van der Waals surface area contributed by atoms with Crippen LogP contribution in [0.3, 0.4) is 0 Å². The van der Waals surface area contributed by atoms with Crippen LogP contribution in [-0.2, 0) is 0 Å². The summed E-state index contributed by atoms with van der Waals surface area (Å²) in [6.45, 7) is 0. The maximum Gasteiger partial charge on any atom is 0.0815 e. The second kappa shape index (κ2) is 5.02. The van der Waals surface area contributed by atoms with Crippen molar-refractivity contribution >= 4 is 0 Å². The number of fused-ring (bicyclic) bond motifs is 1. The minimum Gasteiger partial charge on any atom is -0.306 e. The number of aromatic nitrogens is 3. The Kier molecular flexibility index (Phi) is 3.03. The first kappa shape index (κ1) is 12.1. The van der Waals surface area contributed by atoms with Crippen molar-refractivity contribution in [1.29, 1.82) is 0 Å². The van der Waals surface area contributed by atoms with Gasteiger partial charge in [0.05, 0.1) is 23.6 Å². The van der Waals surface area contributed by atoms with Crippen LogP contribution in [0.2, 0.25) is 0 Å². The number of nitrogens with one attached hydrogen (secondary N) is 1. The zero-order valence-corrected chi connectivity index (χ0v) is 11.6. The van der Waals surface area contributed by atoms with Gasteiger partial charge in [0.25, 0.3) is 0 Å². The first-order valence-electron chi connectivity index (χ1n) is 7.64. The molecule has 1 aromatic carbocycles. The van der Waals surface area contributed by atoms with E-state index in [0.29, 0.717) is 12.1 Å². The van der Waals surface area contributed by atoms with E-state index < -0.39 is 0 Å². The van der Waals surface area contributed by atoms with Gasteiger partial charge < -0.3 is 5.32 Å². The van der Waals surface area contributed by atoms with Gasteiger partial charge in [0.1, 0.15) is 0 Å². The summed E-state index contributed by atoms with van der Waals surface area (Å²) < 4.78 is 1.98. The number of piperidine rings is 1. The number of benzene rings is 1. The summed E-state index contributed by atoms with van der Waals surface area (Å²) in [5, 5.41) is 12.2. The molecule has 1 saturated carbocycles. The van der Waals surface area contributed by atoms with E-state index in [9.17, 15) is 0 Å². The molecule has 2 heterocycles. The van der Waals surface area contributed by atoms with Gasteiger partial charge in [-0.15, -0.1) is 5.10 Å². The highest BCUT2D eigenvalue weighted by Gasteiger charge is 2.35. The number of nitrogens with zero attached hydrogens (tertiary/aromatic N) is 3. The SMILES string of the molecule is c1ccc(-n2nncc2C2CCC3CCCC3N2)cc1. The van der Waals surface area contributed by atoms with Crippen molar-refractivity contribution in [3.8, 4) is 5.69 Å². The van der Waals surface area contributed by atoms with E-state index in [1.54, 1.807) is 0 Å². The summed E-state index contributed by atoms with van der Waals surface area (Å²) in [5.41, 5.74) is 2.29. The van der Waals surface area contributed by atoms with E-state index in [0.717, 1.165) is 11.6 Å². The van der Waals surface area contributed by atoms with Gasteiger partial charge in [0, 0.05) is 6.04 Å².